The largest absolute Gasteiger partial charge is 0.453 e. The van der Waals surface area contributed by atoms with Crippen molar-refractivity contribution in [3.8, 4) is 0 Å². The highest BCUT2D eigenvalue weighted by Gasteiger charge is 2.14. The van der Waals surface area contributed by atoms with Gasteiger partial charge in [-0.15, -0.1) is 0 Å². The molecule has 0 radical (unpaired) electrons. The molecule has 1 aromatic heterocycles. The highest BCUT2D eigenvalue weighted by molar-refractivity contribution is 5.98. The molecule has 0 bridgehead atoms. The van der Waals surface area contributed by atoms with Crippen molar-refractivity contribution in [3.05, 3.63) is 71.5 Å². The minimum atomic E-state index is -0.0258. The lowest BCUT2D eigenvalue weighted by Gasteiger charge is -2.05. The fraction of sp³-hybridized carbons (Fsp3) is 0.118. The van der Waals surface area contributed by atoms with Crippen molar-refractivity contribution in [2.75, 3.05) is 0 Å². The van der Waals surface area contributed by atoms with Crippen molar-refractivity contribution in [2.24, 2.45) is 5.73 Å². The molecular weight excluding hydrogens is 250 g/mol. The number of hydrogen-bond acceptors (Lipinski definition) is 3. The van der Waals surface area contributed by atoms with E-state index in [-0.39, 0.29) is 5.78 Å². The van der Waals surface area contributed by atoms with Gasteiger partial charge >= 0.3 is 0 Å². The molecule has 0 amide bonds. The summed E-state index contributed by atoms with van der Waals surface area (Å²) in [4.78, 5) is 12.3. The van der Waals surface area contributed by atoms with Crippen LogP contribution in [0.3, 0.4) is 0 Å². The summed E-state index contributed by atoms with van der Waals surface area (Å²) in [7, 11) is 0. The summed E-state index contributed by atoms with van der Waals surface area (Å²) < 4.78 is 5.59. The minimum Gasteiger partial charge on any atom is -0.453 e. The highest BCUT2D eigenvalue weighted by atomic mass is 16.3. The third-order valence-corrected chi connectivity index (χ3v) is 3.39. The van der Waals surface area contributed by atoms with Crippen molar-refractivity contribution in [3.63, 3.8) is 0 Å². The van der Waals surface area contributed by atoms with Crippen molar-refractivity contribution < 1.29 is 9.21 Å². The molecule has 0 aliphatic rings. The van der Waals surface area contributed by atoms with Crippen LogP contribution in [0.1, 0.15) is 21.7 Å². The average molecular weight is 265 g/mol. The molecular formula is C17H15NO2. The number of hydrogen-bond donors (Lipinski definition) is 1. The topological polar surface area (TPSA) is 56.2 Å². The smallest absolute Gasteiger partial charge is 0.202 e. The summed E-state index contributed by atoms with van der Waals surface area (Å²) in [6.45, 7) is 0.434. The van der Waals surface area contributed by atoms with E-state index in [1.54, 1.807) is 6.07 Å². The molecule has 0 saturated carbocycles. The molecule has 3 rings (SSSR count). The first-order valence-corrected chi connectivity index (χ1v) is 6.56. The third-order valence-electron chi connectivity index (χ3n) is 3.39. The SMILES string of the molecule is NCc1ccccc1CC(=O)c1cc2ccccc2o1. The fourth-order valence-electron chi connectivity index (χ4n) is 2.31. The fourth-order valence-corrected chi connectivity index (χ4v) is 2.31. The molecule has 0 spiro atoms. The number of nitrogens with two attached hydrogens (primary N) is 1. The maximum Gasteiger partial charge on any atom is 0.202 e. The number of fused-ring (bicyclic) bond motifs is 1. The van der Waals surface area contributed by atoms with Gasteiger partial charge in [0.15, 0.2) is 5.76 Å². The molecule has 100 valence electrons. The molecule has 0 aliphatic heterocycles. The van der Waals surface area contributed by atoms with E-state index in [0.29, 0.717) is 18.7 Å². The zero-order valence-electron chi connectivity index (χ0n) is 11.0. The second-order valence-electron chi connectivity index (χ2n) is 4.72. The summed E-state index contributed by atoms with van der Waals surface area (Å²) >= 11 is 0. The van der Waals surface area contributed by atoms with Crippen LogP contribution in [0.15, 0.2) is 59.0 Å². The second kappa shape index (κ2) is 5.31. The molecule has 2 N–H and O–H groups in total. The predicted octanol–water partition coefficient (Wildman–Crippen LogP) is 3.32. The van der Waals surface area contributed by atoms with E-state index in [1.807, 2.05) is 48.5 Å². The normalized spacial score (nSPS) is 10.8. The van der Waals surface area contributed by atoms with E-state index >= 15 is 0 Å². The number of Topliss-reactive ketones (excluding diaryl/α,β-unsaturated/α-hetero) is 1. The van der Waals surface area contributed by atoms with E-state index in [0.717, 1.165) is 22.1 Å². The van der Waals surface area contributed by atoms with Gasteiger partial charge in [0, 0.05) is 18.4 Å². The Morgan fingerprint density at radius 2 is 1.70 bits per heavy atom. The number of rotatable bonds is 4. The number of carbonyl (C=O) groups excluding carboxylic acids is 1. The highest BCUT2D eigenvalue weighted by Crippen LogP contribution is 2.20. The van der Waals surface area contributed by atoms with Crippen LogP contribution in [0.2, 0.25) is 0 Å². The van der Waals surface area contributed by atoms with Crippen LogP contribution in [0.5, 0.6) is 0 Å². The second-order valence-corrected chi connectivity index (χ2v) is 4.72. The van der Waals surface area contributed by atoms with Gasteiger partial charge < -0.3 is 10.2 Å². The van der Waals surface area contributed by atoms with Gasteiger partial charge in [-0.25, -0.2) is 0 Å². The first kappa shape index (κ1) is 12.6. The minimum absolute atomic E-state index is 0.0258. The van der Waals surface area contributed by atoms with Gasteiger partial charge in [0.2, 0.25) is 5.78 Å². The first-order valence-electron chi connectivity index (χ1n) is 6.56. The zero-order chi connectivity index (χ0) is 13.9. The van der Waals surface area contributed by atoms with Crippen molar-refractivity contribution in [2.45, 2.75) is 13.0 Å². The van der Waals surface area contributed by atoms with Crippen LogP contribution in [-0.4, -0.2) is 5.78 Å². The number of carbonyl (C=O) groups is 1. The number of ketones is 1. The Morgan fingerprint density at radius 3 is 2.45 bits per heavy atom. The number of para-hydroxylation sites is 1. The molecule has 0 fully saturated rings. The molecule has 1 heterocycles. The summed E-state index contributed by atoms with van der Waals surface area (Å²) in [5.74, 6) is 0.375. The van der Waals surface area contributed by atoms with E-state index in [1.165, 1.54) is 0 Å². The van der Waals surface area contributed by atoms with Crippen molar-refractivity contribution in [1.82, 2.24) is 0 Å². The maximum atomic E-state index is 12.3. The van der Waals surface area contributed by atoms with E-state index in [2.05, 4.69) is 0 Å². The van der Waals surface area contributed by atoms with Gasteiger partial charge in [-0.3, -0.25) is 4.79 Å². The van der Waals surface area contributed by atoms with Crippen LogP contribution >= 0.6 is 0 Å². The van der Waals surface area contributed by atoms with E-state index < -0.39 is 0 Å². The Balaban J connectivity index is 1.89. The lowest BCUT2D eigenvalue weighted by molar-refractivity contribution is 0.0968. The third kappa shape index (κ3) is 2.36. The molecule has 0 saturated heterocycles. The summed E-state index contributed by atoms with van der Waals surface area (Å²) in [6, 6.07) is 17.1. The lowest BCUT2D eigenvalue weighted by atomic mass is 10.0. The predicted molar refractivity (Wildman–Crippen MR) is 78.6 cm³/mol. The molecule has 0 aliphatic carbocycles. The van der Waals surface area contributed by atoms with Crippen LogP contribution in [0, 0.1) is 0 Å². The van der Waals surface area contributed by atoms with E-state index in [9.17, 15) is 4.79 Å². The lowest BCUT2D eigenvalue weighted by Crippen LogP contribution is -2.07. The Labute approximate surface area is 117 Å². The van der Waals surface area contributed by atoms with Crippen LogP contribution in [-0.2, 0) is 13.0 Å². The van der Waals surface area contributed by atoms with Gasteiger partial charge in [0.25, 0.3) is 0 Å². The van der Waals surface area contributed by atoms with Gasteiger partial charge in [-0.2, -0.15) is 0 Å². The van der Waals surface area contributed by atoms with Gasteiger partial charge in [0.1, 0.15) is 5.58 Å². The number of furan rings is 1. The van der Waals surface area contributed by atoms with Crippen molar-refractivity contribution >= 4 is 16.8 Å². The quantitative estimate of drug-likeness (QED) is 0.736. The molecule has 20 heavy (non-hydrogen) atoms. The number of benzene rings is 2. The van der Waals surface area contributed by atoms with Gasteiger partial charge in [0.05, 0.1) is 0 Å². The Bertz CT molecular complexity index is 725. The zero-order valence-corrected chi connectivity index (χ0v) is 11.0. The monoisotopic (exact) mass is 265 g/mol. The van der Waals surface area contributed by atoms with E-state index in [4.69, 9.17) is 10.2 Å². The van der Waals surface area contributed by atoms with Crippen molar-refractivity contribution in [1.29, 1.82) is 0 Å². The summed E-state index contributed by atoms with van der Waals surface area (Å²) in [5, 5.41) is 0.947. The molecule has 3 aromatic rings. The maximum absolute atomic E-state index is 12.3. The van der Waals surface area contributed by atoms with Gasteiger partial charge in [-0.05, 0) is 23.3 Å². The Morgan fingerprint density at radius 1 is 1.00 bits per heavy atom. The Kier molecular flexibility index (Phi) is 3.35. The Hall–Kier alpha value is -2.39. The van der Waals surface area contributed by atoms with Crippen LogP contribution in [0.4, 0.5) is 0 Å². The first-order chi connectivity index (χ1) is 9.78. The molecule has 0 atom stereocenters. The standard InChI is InChI=1S/C17H15NO2/c18-11-14-7-2-1-5-12(14)9-15(19)17-10-13-6-3-4-8-16(13)20-17/h1-8,10H,9,11,18H2. The molecule has 3 heteroatoms. The average Bonchev–Trinajstić information content (AvgIpc) is 2.92. The molecule has 2 aromatic carbocycles. The van der Waals surface area contributed by atoms with Crippen LogP contribution in [0.25, 0.3) is 11.0 Å². The van der Waals surface area contributed by atoms with Crippen LogP contribution < -0.4 is 5.73 Å². The summed E-state index contributed by atoms with van der Waals surface area (Å²) in [5.41, 5.74) is 8.39. The molecule has 3 nitrogen and oxygen atoms in total. The van der Waals surface area contributed by atoms with Gasteiger partial charge in [-0.1, -0.05) is 42.5 Å². The molecule has 0 unspecified atom stereocenters. The summed E-state index contributed by atoms with van der Waals surface area (Å²) in [6.07, 6.45) is 0.313.